The fourth-order valence-corrected chi connectivity index (χ4v) is 0.885. The highest BCUT2D eigenvalue weighted by molar-refractivity contribution is 5.88. The molecule has 0 bridgehead atoms. The molecule has 1 rings (SSSR count). The molecule has 0 aliphatic carbocycles. The van der Waals surface area contributed by atoms with Crippen LogP contribution in [-0.4, -0.2) is 27.0 Å². The Balaban J connectivity index is 2.80. The predicted octanol–water partition coefficient (Wildman–Crippen LogP) is 0.219. The third-order valence-electron chi connectivity index (χ3n) is 1.41. The lowest BCUT2D eigenvalue weighted by atomic mass is 10.2. The summed E-state index contributed by atoms with van der Waals surface area (Å²) in [5, 5.41) is 9.74. The highest BCUT2D eigenvalue weighted by Gasteiger charge is 2.22. The second kappa shape index (κ2) is 3.75. The van der Waals surface area contributed by atoms with Gasteiger partial charge in [0.25, 0.3) is 0 Å². The monoisotopic (exact) mass is 198 g/mol. The molecule has 6 nitrogen and oxygen atoms in total. The summed E-state index contributed by atoms with van der Waals surface area (Å²) in [6, 6.07) is 0. The number of nitrogens with one attached hydrogen (secondary N) is 1. The molecule has 3 N–H and O–H groups in total. The van der Waals surface area contributed by atoms with Gasteiger partial charge in [0.05, 0.1) is 0 Å². The SMILES string of the molecule is CC(C)(C)OC(=O)c1n[nH]nc1CN. The number of rotatable bonds is 2. The van der Waals surface area contributed by atoms with Crippen LogP contribution in [-0.2, 0) is 11.3 Å². The number of carbonyl (C=O) groups excluding carboxylic acids is 1. The molecule has 0 radical (unpaired) electrons. The lowest BCUT2D eigenvalue weighted by Crippen LogP contribution is -2.25. The molecule has 0 aliphatic rings. The van der Waals surface area contributed by atoms with Crippen LogP contribution in [0.5, 0.6) is 0 Å². The summed E-state index contributed by atoms with van der Waals surface area (Å²) in [5.74, 6) is -0.508. The standard InChI is InChI=1S/C8H14N4O2/c1-8(2,3)14-7(13)6-5(4-9)10-12-11-6/h4,9H2,1-3H3,(H,10,11,12). The van der Waals surface area contributed by atoms with Crippen LogP contribution < -0.4 is 5.73 Å². The van der Waals surface area contributed by atoms with Gasteiger partial charge in [0, 0.05) is 6.54 Å². The van der Waals surface area contributed by atoms with Crippen molar-refractivity contribution in [1.29, 1.82) is 0 Å². The van der Waals surface area contributed by atoms with Crippen molar-refractivity contribution in [3.05, 3.63) is 11.4 Å². The number of hydrogen-bond donors (Lipinski definition) is 2. The summed E-state index contributed by atoms with van der Waals surface area (Å²) < 4.78 is 5.11. The first-order valence-corrected chi connectivity index (χ1v) is 4.27. The highest BCUT2D eigenvalue weighted by atomic mass is 16.6. The van der Waals surface area contributed by atoms with Gasteiger partial charge in [-0.05, 0) is 20.8 Å². The molecule has 14 heavy (non-hydrogen) atoms. The molecule has 0 aromatic carbocycles. The maximum atomic E-state index is 11.5. The smallest absolute Gasteiger partial charge is 0.361 e. The predicted molar refractivity (Wildman–Crippen MR) is 49.4 cm³/mol. The number of aromatic nitrogens is 3. The fraction of sp³-hybridized carbons (Fsp3) is 0.625. The Bertz CT molecular complexity index is 326. The van der Waals surface area contributed by atoms with Gasteiger partial charge < -0.3 is 10.5 Å². The fourth-order valence-electron chi connectivity index (χ4n) is 0.885. The van der Waals surface area contributed by atoms with Gasteiger partial charge in [-0.3, -0.25) is 0 Å². The Hall–Kier alpha value is -1.43. The summed E-state index contributed by atoms with van der Waals surface area (Å²) in [6.07, 6.45) is 0. The van der Waals surface area contributed by atoms with Gasteiger partial charge in [-0.1, -0.05) is 0 Å². The average molecular weight is 198 g/mol. The Morgan fingerprint density at radius 3 is 2.64 bits per heavy atom. The molecule has 78 valence electrons. The van der Waals surface area contributed by atoms with E-state index in [-0.39, 0.29) is 12.2 Å². The molecule has 0 atom stereocenters. The summed E-state index contributed by atoms with van der Waals surface area (Å²) >= 11 is 0. The van der Waals surface area contributed by atoms with E-state index in [1.54, 1.807) is 20.8 Å². The number of esters is 1. The maximum absolute atomic E-state index is 11.5. The van der Waals surface area contributed by atoms with Gasteiger partial charge in [-0.25, -0.2) is 4.79 Å². The number of nitrogens with two attached hydrogens (primary N) is 1. The molecule has 0 saturated carbocycles. The molecule has 1 heterocycles. The quantitative estimate of drug-likeness (QED) is 0.663. The van der Waals surface area contributed by atoms with Crippen LogP contribution in [0.4, 0.5) is 0 Å². The van der Waals surface area contributed by atoms with Crippen molar-refractivity contribution in [2.45, 2.75) is 32.9 Å². The molecular formula is C8H14N4O2. The third-order valence-corrected chi connectivity index (χ3v) is 1.41. The molecule has 1 aromatic heterocycles. The second-order valence-electron chi connectivity index (χ2n) is 3.82. The average Bonchev–Trinajstić information content (AvgIpc) is 2.47. The van der Waals surface area contributed by atoms with Gasteiger partial charge in [0.15, 0.2) is 5.69 Å². The molecule has 0 saturated heterocycles. The van der Waals surface area contributed by atoms with Crippen LogP contribution >= 0.6 is 0 Å². The summed E-state index contributed by atoms with van der Waals surface area (Å²) in [6.45, 7) is 5.51. The Labute approximate surface area is 81.8 Å². The number of H-pyrrole nitrogens is 1. The van der Waals surface area contributed by atoms with Gasteiger partial charge in [-0.15, -0.1) is 5.10 Å². The molecule has 1 aromatic rings. The molecule has 0 spiro atoms. The minimum absolute atomic E-state index is 0.155. The normalized spacial score (nSPS) is 11.4. The largest absolute Gasteiger partial charge is 0.455 e. The van der Waals surface area contributed by atoms with Crippen LogP contribution in [0.2, 0.25) is 0 Å². The highest BCUT2D eigenvalue weighted by Crippen LogP contribution is 2.11. The number of aromatic amines is 1. The van der Waals surface area contributed by atoms with Gasteiger partial charge >= 0.3 is 5.97 Å². The van der Waals surface area contributed by atoms with E-state index >= 15 is 0 Å². The van der Waals surface area contributed by atoms with E-state index in [0.717, 1.165) is 0 Å². The van der Waals surface area contributed by atoms with Crippen LogP contribution in [0.3, 0.4) is 0 Å². The van der Waals surface area contributed by atoms with Gasteiger partial charge in [0.2, 0.25) is 0 Å². The van der Waals surface area contributed by atoms with E-state index in [9.17, 15) is 4.79 Å². The van der Waals surface area contributed by atoms with Crippen LogP contribution in [0.15, 0.2) is 0 Å². The zero-order valence-electron chi connectivity index (χ0n) is 8.50. The molecule has 0 unspecified atom stereocenters. The van der Waals surface area contributed by atoms with Crippen LogP contribution in [0, 0.1) is 0 Å². The van der Waals surface area contributed by atoms with E-state index in [4.69, 9.17) is 10.5 Å². The Morgan fingerprint density at radius 2 is 2.14 bits per heavy atom. The minimum atomic E-state index is -0.540. The Morgan fingerprint density at radius 1 is 1.50 bits per heavy atom. The van der Waals surface area contributed by atoms with Crippen molar-refractivity contribution in [3.8, 4) is 0 Å². The first-order valence-electron chi connectivity index (χ1n) is 4.27. The summed E-state index contributed by atoms with van der Waals surface area (Å²) in [7, 11) is 0. The van der Waals surface area contributed by atoms with Crippen LogP contribution in [0.1, 0.15) is 37.0 Å². The molecule has 6 heteroatoms. The molecule has 0 aliphatic heterocycles. The van der Waals surface area contributed by atoms with Crippen molar-refractivity contribution < 1.29 is 9.53 Å². The van der Waals surface area contributed by atoms with Crippen molar-refractivity contribution in [2.75, 3.05) is 0 Å². The summed E-state index contributed by atoms with van der Waals surface area (Å²) in [4.78, 5) is 11.5. The minimum Gasteiger partial charge on any atom is -0.455 e. The lowest BCUT2D eigenvalue weighted by molar-refractivity contribution is 0.00616. The van der Waals surface area contributed by atoms with Gasteiger partial charge in [0.1, 0.15) is 11.3 Å². The third kappa shape index (κ3) is 2.53. The van der Waals surface area contributed by atoms with Crippen molar-refractivity contribution in [2.24, 2.45) is 5.73 Å². The topological polar surface area (TPSA) is 93.9 Å². The van der Waals surface area contributed by atoms with Crippen molar-refractivity contribution in [1.82, 2.24) is 15.4 Å². The second-order valence-corrected chi connectivity index (χ2v) is 3.82. The van der Waals surface area contributed by atoms with Crippen molar-refractivity contribution >= 4 is 5.97 Å². The Kier molecular flexibility index (Phi) is 2.85. The van der Waals surface area contributed by atoms with Crippen LogP contribution in [0.25, 0.3) is 0 Å². The van der Waals surface area contributed by atoms with E-state index in [0.29, 0.717) is 5.69 Å². The molecular weight excluding hydrogens is 184 g/mol. The van der Waals surface area contributed by atoms with E-state index < -0.39 is 11.6 Å². The first kappa shape index (κ1) is 10.6. The number of carbonyl (C=O) groups is 1. The lowest BCUT2D eigenvalue weighted by Gasteiger charge is -2.18. The van der Waals surface area contributed by atoms with E-state index in [2.05, 4.69) is 15.4 Å². The molecule has 0 fully saturated rings. The van der Waals surface area contributed by atoms with E-state index in [1.165, 1.54) is 0 Å². The summed E-state index contributed by atoms with van der Waals surface area (Å²) in [5.41, 5.74) is 5.40. The maximum Gasteiger partial charge on any atom is 0.361 e. The van der Waals surface area contributed by atoms with Gasteiger partial charge in [-0.2, -0.15) is 10.3 Å². The molecule has 0 amide bonds. The number of hydrogen-bond acceptors (Lipinski definition) is 5. The zero-order chi connectivity index (χ0) is 10.8. The van der Waals surface area contributed by atoms with Crippen molar-refractivity contribution in [3.63, 3.8) is 0 Å². The number of ether oxygens (including phenoxy) is 1. The number of nitrogens with zero attached hydrogens (tertiary/aromatic N) is 2. The van der Waals surface area contributed by atoms with E-state index in [1.807, 2.05) is 0 Å². The first-order chi connectivity index (χ1) is 6.44. The zero-order valence-corrected chi connectivity index (χ0v) is 8.50.